The Morgan fingerprint density at radius 3 is 2.96 bits per heavy atom. The first-order valence-corrected chi connectivity index (χ1v) is 8.30. The number of anilines is 1. The molecule has 2 heterocycles. The normalized spacial score (nSPS) is 15.6. The summed E-state index contributed by atoms with van der Waals surface area (Å²) >= 11 is 6.21. The highest BCUT2D eigenvalue weighted by molar-refractivity contribution is 6.34. The average molecular weight is 347 g/mol. The molecule has 1 unspecified atom stereocenters. The van der Waals surface area contributed by atoms with Crippen LogP contribution in [0.15, 0.2) is 36.7 Å². The lowest BCUT2D eigenvalue weighted by molar-refractivity contribution is -0.117. The molecule has 0 aliphatic carbocycles. The van der Waals surface area contributed by atoms with Gasteiger partial charge in [0, 0.05) is 37.0 Å². The molecule has 1 aliphatic rings. The van der Waals surface area contributed by atoms with E-state index in [2.05, 4.69) is 10.4 Å². The van der Waals surface area contributed by atoms with Gasteiger partial charge < -0.3 is 10.2 Å². The third kappa shape index (κ3) is 3.59. The number of hydrogen-bond donors (Lipinski definition) is 1. The zero-order valence-electron chi connectivity index (χ0n) is 13.4. The molecule has 24 heavy (non-hydrogen) atoms. The first-order valence-electron chi connectivity index (χ1n) is 7.93. The minimum atomic E-state index is -0.195. The highest BCUT2D eigenvalue weighted by Crippen LogP contribution is 2.30. The van der Waals surface area contributed by atoms with Gasteiger partial charge in [-0.2, -0.15) is 5.10 Å². The molecular weight excluding hydrogens is 328 g/mol. The van der Waals surface area contributed by atoms with Gasteiger partial charge in [-0.15, -0.1) is 0 Å². The second-order valence-corrected chi connectivity index (χ2v) is 6.32. The molecule has 1 atom stereocenters. The van der Waals surface area contributed by atoms with E-state index >= 15 is 0 Å². The minimum Gasteiger partial charge on any atom is -0.348 e. The van der Waals surface area contributed by atoms with E-state index in [0.29, 0.717) is 35.8 Å². The largest absolute Gasteiger partial charge is 0.348 e. The standard InChI is InChI=1S/C17H19ClN4O2/c1-12(11-21-8-3-7-19-21)20-17(24)13-5-6-14(18)15(10-13)22-9-2-4-16(22)23/h3,5-8,10,12H,2,4,9,11H2,1H3,(H,20,24). The average Bonchev–Trinajstić information content (AvgIpc) is 3.19. The van der Waals surface area contributed by atoms with Crippen LogP contribution in [0, 0.1) is 0 Å². The van der Waals surface area contributed by atoms with Crippen LogP contribution in [0.1, 0.15) is 30.1 Å². The van der Waals surface area contributed by atoms with Crippen molar-refractivity contribution < 1.29 is 9.59 Å². The Morgan fingerprint density at radius 2 is 2.29 bits per heavy atom. The zero-order chi connectivity index (χ0) is 17.1. The summed E-state index contributed by atoms with van der Waals surface area (Å²) in [5, 5.41) is 7.54. The molecule has 1 fully saturated rings. The number of carbonyl (C=O) groups excluding carboxylic acids is 2. The maximum Gasteiger partial charge on any atom is 0.251 e. The number of hydrogen-bond acceptors (Lipinski definition) is 3. The summed E-state index contributed by atoms with van der Waals surface area (Å²) in [4.78, 5) is 26.0. The van der Waals surface area contributed by atoms with Gasteiger partial charge in [0.2, 0.25) is 5.91 Å². The molecule has 7 heteroatoms. The van der Waals surface area contributed by atoms with E-state index in [4.69, 9.17) is 11.6 Å². The van der Waals surface area contributed by atoms with Crippen LogP contribution in [-0.2, 0) is 11.3 Å². The fraction of sp³-hybridized carbons (Fsp3) is 0.353. The summed E-state index contributed by atoms with van der Waals surface area (Å²) in [6.07, 6.45) is 4.88. The van der Waals surface area contributed by atoms with Gasteiger partial charge in [0.15, 0.2) is 0 Å². The Hall–Kier alpha value is -2.34. The summed E-state index contributed by atoms with van der Waals surface area (Å²) in [6.45, 7) is 3.14. The summed E-state index contributed by atoms with van der Waals surface area (Å²) in [6, 6.07) is 6.77. The third-order valence-electron chi connectivity index (χ3n) is 3.97. The van der Waals surface area contributed by atoms with Gasteiger partial charge in [0.1, 0.15) is 0 Å². The van der Waals surface area contributed by atoms with Crippen molar-refractivity contribution in [2.75, 3.05) is 11.4 Å². The van der Waals surface area contributed by atoms with Crippen molar-refractivity contribution in [3.8, 4) is 0 Å². The molecular formula is C17H19ClN4O2. The molecule has 0 spiro atoms. The smallest absolute Gasteiger partial charge is 0.251 e. The van der Waals surface area contributed by atoms with Gasteiger partial charge in [-0.3, -0.25) is 14.3 Å². The summed E-state index contributed by atoms with van der Waals surface area (Å²) in [7, 11) is 0. The number of carbonyl (C=O) groups is 2. The molecule has 0 radical (unpaired) electrons. The number of rotatable bonds is 5. The van der Waals surface area contributed by atoms with Crippen LogP contribution >= 0.6 is 11.6 Å². The maximum absolute atomic E-state index is 12.5. The van der Waals surface area contributed by atoms with Crippen LogP contribution in [0.2, 0.25) is 5.02 Å². The number of aromatic nitrogens is 2. The fourth-order valence-corrected chi connectivity index (χ4v) is 3.02. The van der Waals surface area contributed by atoms with E-state index in [1.54, 1.807) is 34.0 Å². The second kappa shape index (κ2) is 7.05. The van der Waals surface area contributed by atoms with Crippen molar-refractivity contribution in [2.45, 2.75) is 32.4 Å². The van der Waals surface area contributed by atoms with Crippen molar-refractivity contribution in [1.29, 1.82) is 0 Å². The topological polar surface area (TPSA) is 67.2 Å². The van der Waals surface area contributed by atoms with Crippen molar-refractivity contribution in [1.82, 2.24) is 15.1 Å². The van der Waals surface area contributed by atoms with Gasteiger partial charge in [-0.05, 0) is 37.6 Å². The molecule has 0 bridgehead atoms. The van der Waals surface area contributed by atoms with Gasteiger partial charge >= 0.3 is 0 Å². The number of amides is 2. The van der Waals surface area contributed by atoms with Crippen LogP contribution in [0.25, 0.3) is 0 Å². The minimum absolute atomic E-state index is 0.0431. The van der Waals surface area contributed by atoms with Gasteiger partial charge in [0.25, 0.3) is 5.91 Å². The lowest BCUT2D eigenvalue weighted by Crippen LogP contribution is -2.36. The highest BCUT2D eigenvalue weighted by Gasteiger charge is 2.24. The highest BCUT2D eigenvalue weighted by atomic mass is 35.5. The Kier molecular flexibility index (Phi) is 4.85. The number of benzene rings is 1. The number of halogens is 1. The summed E-state index contributed by atoms with van der Waals surface area (Å²) < 4.78 is 1.77. The molecule has 1 N–H and O–H groups in total. The van der Waals surface area contributed by atoms with Crippen LogP contribution in [0.5, 0.6) is 0 Å². The molecule has 3 rings (SSSR count). The second-order valence-electron chi connectivity index (χ2n) is 5.92. The first-order chi connectivity index (χ1) is 11.5. The molecule has 126 valence electrons. The Morgan fingerprint density at radius 1 is 1.46 bits per heavy atom. The van der Waals surface area contributed by atoms with Crippen molar-refractivity contribution in [3.63, 3.8) is 0 Å². The third-order valence-corrected chi connectivity index (χ3v) is 4.29. The van der Waals surface area contributed by atoms with E-state index in [0.717, 1.165) is 6.42 Å². The fourth-order valence-electron chi connectivity index (χ4n) is 2.81. The van der Waals surface area contributed by atoms with E-state index in [1.807, 2.05) is 19.2 Å². The lowest BCUT2D eigenvalue weighted by Gasteiger charge is -2.19. The first kappa shape index (κ1) is 16.5. The van der Waals surface area contributed by atoms with Crippen LogP contribution in [-0.4, -0.2) is 34.2 Å². The predicted molar refractivity (Wildman–Crippen MR) is 92.2 cm³/mol. The summed E-state index contributed by atoms with van der Waals surface area (Å²) in [5.41, 5.74) is 1.09. The van der Waals surface area contributed by atoms with E-state index in [9.17, 15) is 9.59 Å². The molecule has 1 aliphatic heterocycles. The Bertz CT molecular complexity index is 745. The number of nitrogens with zero attached hydrogens (tertiary/aromatic N) is 3. The molecule has 0 saturated carbocycles. The van der Waals surface area contributed by atoms with Crippen LogP contribution in [0.3, 0.4) is 0 Å². The molecule has 6 nitrogen and oxygen atoms in total. The molecule has 1 aromatic carbocycles. The van der Waals surface area contributed by atoms with Crippen molar-refractivity contribution >= 4 is 29.1 Å². The molecule has 2 aromatic rings. The van der Waals surface area contributed by atoms with Crippen LogP contribution in [0.4, 0.5) is 5.69 Å². The quantitative estimate of drug-likeness (QED) is 0.904. The number of nitrogens with one attached hydrogen (secondary N) is 1. The van der Waals surface area contributed by atoms with E-state index in [1.165, 1.54) is 0 Å². The van der Waals surface area contributed by atoms with Gasteiger partial charge in [-0.1, -0.05) is 11.6 Å². The lowest BCUT2D eigenvalue weighted by atomic mass is 10.1. The monoisotopic (exact) mass is 346 g/mol. The molecule has 1 aromatic heterocycles. The Labute approximate surface area is 145 Å². The van der Waals surface area contributed by atoms with Gasteiger partial charge in [0.05, 0.1) is 17.3 Å². The van der Waals surface area contributed by atoms with Crippen molar-refractivity contribution in [2.24, 2.45) is 0 Å². The summed E-state index contributed by atoms with van der Waals surface area (Å²) in [5.74, 6) is -0.152. The van der Waals surface area contributed by atoms with Crippen molar-refractivity contribution in [3.05, 3.63) is 47.2 Å². The predicted octanol–water partition coefficient (Wildman–Crippen LogP) is 2.48. The Balaban J connectivity index is 1.71. The van der Waals surface area contributed by atoms with E-state index < -0.39 is 0 Å². The SMILES string of the molecule is CC(Cn1cccn1)NC(=O)c1ccc(Cl)c(N2CCCC2=O)c1. The zero-order valence-corrected chi connectivity index (χ0v) is 14.2. The molecule has 1 saturated heterocycles. The van der Waals surface area contributed by atoms with E-state index in [-0.39, 0.29) is 17.9 Å². The maximum atomic E-state index is 12.5. The van der Waals surface area contributed by atoms with Gasteiger partial charge in [-0.25, -0.2) is 0 Å². The van der Waals surface area contributed by atoms with Crippen LogP contribution < -0.4 is 10.2 Å². The molecule has 2 amide bonds.